The lowest BCUT2D eigenvalue weighted by Gasteiger charge is -2.27. The highest BCUT2D eigenvalue weighted by atomic mass is 19.1. The monoisotopic (exact) mass is 540 g/mol. The van der Waals surface area contributed by atoms with E-state index in [1.807, 2.05) is 36.4 Å². The summed E-state index contributed by atoms with van der Waals surface area (Å²) in [6.07, 6.45) is -0.423. The van der Waals surface area contributed by atoms with Gasteiger partial charge >= 0.3 is 6.09 Å². The Bertz CT molecular complexity index is 1430. The lowest BCUT2D eigenvalue weighted by atomic mass is 9.98. The predicted molar refractivity (Wildman–Crippen MR) is 154 cm³/mol. The third-order valence-corrected chi connectivity index (χ3v) is 6.97. The minimum Gasteiger partial charge on any atom is -0.481 e. The van der Waals surface area contributed by atoms with Gasteiger partial charge in [-0.05, 0) is 48.2 Å². The van der Waals surface area contributed by atoms with Crippen LogP contribution in [0.4, 0.5) is 9.18 Å². The second-order valence-electron chi connectivity index (χ2n) is 9.54. The molecule has 0 saturated heterocycles. The van der Waals surface area contributed by atoms with Gasteiger partial charge in [-0.2, -0.15) is 0 Å². The molecule has 2 atom stereocenters. The molecule has 7 heteroatoms. The summed E-state index contributed by atoms with van der Waals surface area (Å²) in [5, 5.41) is 5.77. The molecule has 1 aliphatic rings. The molecule has 2 N–H and O–H groups in total. The van der Waals surface area contributed by atoms with Gasteiger partial charge in [-0.1, -0.05) is 68.0 Å². The maximum Gasteiger partial charge on any atom is 0.407 e. The highest BCUT2D eigenvalue weighted by Crippen LogP contribution is 2.44. The van der Waals surface area contributed by atoms with Crippen molar-refractivity contribution in [2.45, 2.75) is 45.2 Å². The second-order valence-corrected chi connectivity index (χ2v) is 9.54. The summed E-state index contributed by atoms with van der Waals surface area (Å²) in [5.41, 5.74) is 4.90. The standard InChI is InChI=1S/C33H33FN2O4/c1-5-7-18-39-23-16-17-24(30(34)19-23)21(3)35-32(31(37)6-2)22(4)36-33(38)40-20-29-27-14-10-8-12-25(27)26-13-9-11-15-28(26)29/h8-17,19,22,29,32,35H,3,6,18,20H2,1-2,4H3,(H,36,38)/t22-,32+/m1/s1. The fourth-order valence-electron chi connectivity index (χ4n) is 4.90. The Morgan fingerprint density at radius 1 is 1.02 bits per heavy atom. The molecule has 0 spiro atoms. The van der Waals surface area contributed by atoms with Crippen molar-refractivity contribution >= 4 is 17.6 Å². The van der Waals surface area contributed by atoms with E-state index < -0.39 is 24.0 Å². The zero-order chi connectivity index (χ0) is 28.6. The number of alkyl carbamates (subject to hydrolysis) is 1. The highest BCUT2D eigenvalue weighted by Gasteiger charge is 2.30. The van der Waals surface area contributed by atoms with Gasteiger partial charge in [0.05, 0.1) is 6.04 Å². The van der Waals surface area contributed by atoms with Crippen molar-refractivity contribution in [2.24, 2.45) is 0 Å². The van der Waals surface area contributed by atoms with Crippen molar-refractivity contribution in [1.29, 1.82) is 0 Å². The van der Waals surface area contributed by atoms with E-state index in [1.54, 1.807) is 26.8 Å². The average molecular weight is 541 g/mol. The second kappa shape index (κ2) is 13.0. The maximum absolute atomic E-state index is 14.8. The number of carbonyl (C=O) groups excluding carboxylic acids is 2. The normalized spacial score (nSPS) is 13.1. The lowest BCUT2D eigenvalue weighted by Crippen LogP contribution is -2.52. The number of hydrogen-bond acceptors (Lipinski definition) is 5. The molecule has 6 nitrogen and oxygen atoms in total. The quantitative estimate of drug-likeness (QED) is 0.289. The molecule has 206 valence electrons. The fraction of sp³-hybridized carbons (Fsp3) is 0.273. The van der Waals surface area contributed by atoms with Crippen LogP contribution in [-0.4, -0.2) is 37.2 Å². The Balaban J connectivity index is 1.39. The Morgan fingerprint density at radius 2 is 1.68 bits per heavy atom. The molecule has 3 aromatic rings. The minimum atomic E-state index is -0.840. The van der Waals surface area contributed by atoms with E-state index in [0.717, 1.165) is 22.3 Å². The molecule has 0 saturated carbocycles. The van der Waals surface area contributed by atoms with Crippen LogP contribution in [0.15, 0.2) is 73.3 Å². The third-order valence-electron chi connectivity index (χ3n) is 6.97. The van der Waals surface area contributed by atoms with Crippen molar-refractivity contribution in [3.05, 3.63) is 95.8 Å². The van der Waals surface area contributed by atoms with Gasteiger partial charge in [0.15, 0.2) is 5.78 Å². The van der Waals surface area contributed by atoms with E-state index in [2.05, 4.69) is 41.2 Å². The number of ketones is 1. The molecule has 1 amide bonds. The van der Waals surface area contributed by atoms with Gasteiger partial charge in [-0.15, -0.1) is 5.92 Å². The molecule has 40 heavy (non-hydrogen) atoms. The molecule has 1 aliphatic carbocycles. The van der Waals surface area contributed by atoms with Crippen LogP contribution < -0.4 is 15.4 Å². The lowest BCUT2D eigenvalue weighted by molar-refractivity contribution is -0.120. The summed E-state index contributed by atoms with van der Waals surface area (Å²) in [4.78, 5) is 25.6. The van der Waals surface area contributed by atoms with Gasteiger partial charge in [0, 0.05) is 29.7 Å². The summed E-state index contributed by atoms with van der Waals surface area (Å²) in [6.45, 7) is 9.36. The Morgan fingerprint density at radius 3 is 2.27 bits per heavy atom. The number of benzene rings is 3. The number of halogens is 1. The third kappa shape index (κ3) is 6.35. The van der Waals surface area contributed by atoms with Gasteiger partial charge in [0.25, 0.3) is 0 Å². The van der Waals surface area contributed by atoms with E-state index in [9.17, 15) is 14.0 Å². The van der Waals surface area contributed by atoms with Crippen molar-refractivity contribution in [2.75, 3.05) is 13.2 Å². The molecular weight excluding hydrogens is 507 g/mol. The molecule has 0 aliphatic heterocycles. The average Bonchev–Trinajstić information content (AvgIpc) is 3.28. The van der Waals surface area contributed by atoms with Crippen molar-refractivity contribution in [1.82, 2.24) is 10.6 Å². The van der Waals surface area contributed by atoms with Crippen molar-refractivity contribution in [3.8, 4) is 28.7 Å². The number of ether oxygens (including phenoxy) is 2. The SMILES string of the molecule is C=C(N[C@H](C(=O)CC)[C@@H](C)NC(=O)OCC1c2ccccc2-c2ccccc21)c1ccc(OCC#CC)cc1F. The number of rotatable bonds is 11. The van der Waals surface area contributed by atoms with Crippen LogP contribution in [0.2, 0.25) is 0 Å². The summed E-state index contributed by atoms with van der Waals surface area (Å²) >= 11 is 0. The fourth-order valence-corrected chi connectivity index (χ4v) is 4.90. The van der Waals surface area contributed by atoms with Crippen molar-refractivity contribution in [3.63, 3.8) is 0 Å². The first-order chi connectivity index (χ1) is 19.3. The van der Waals surface area contributed by atoms with Gasteiger partial charge in [-0.3, -0.25) is 4.79 Å². The van der Waals surface area contributed by atoms with Gasteiger partial charge in [-0.25, -0.2) is 9.18 Å². The Kier molecular flexibility index (Phi) is 9.23. The molecule has 0 bridgehead atoms. The van der Waals surface area contributed by atoms with E-state index in [4.69, 9.17) is 9.47 Å². The summed E-state index contributed by atoms with van der Waals surface area (Å²) in [5.74, 6) is 5.00. The number of nitrogens with one attached hydrogen (secondary N) is 2. The van der Waals surface area contributed by atoms with Crippen LogP contribution in [-0.2, 0) is 9.53 Å². The number of hydrogen-bond donors (Lipinski definition) is 2. The molecule has 0 aromatic heterocycles. The summed E-state index contributed by atoms with van der Waals surface area (Å²) in [7, 11) is 0. The smallest absolute Gasteiger partial charge is 0.407 e. The molecular formula is C33H33FN2O4. The highest BCUT2D eigenvalue weighted by molar-refractivity contribution is 5.87. The largest absolute Gasteiger partial charge is 0.481 e. The van der Waals surface area contributed by atoms with E-state index in [1.165, 1.54) is 12.1 Å². The first-order valence-corrected chi connectivity index (χ1v) is 13.3. The van der Waals surface area contributed by atoms with E-state index in [0.29, 0.717) is 5.75 Å². The zero-order valence-corrected chi connectivity index (χ0v) is 22.9. The number of amides is 1. The number of Topliss-reactive ketones (excluding diaryl/α,β-unsaturated/α-hetero) is 1. The van der Waals surface area contributed by atoms with Crippen molar-refractivity contribution < 1.29 is 23.5 Å². The maximum atomic E-state index is 14.8. The number of fused-ring (bicyclic) bond motifs is 3. The zero-order valence-electron chi connectivity index (χ0n) is 22.9. The van der Waals surface area contributed by atoms with Crippen LogP contribution in [0.3, 0.4) is 0 Å². The predicted octanol–water partition coefficient (Wildman–Crippen LogP) is 6.06. The first-order valence-electron chi connectivity index (χ1n) is 13.3. The topological polar surface area (TPSA) is 76.7 Å². The Labute approximate surface area is 234 Å². The van der Waals surface area contributed by atoms with Crippen LogP contribution in [0.25, 0.3) is 16.8 Å². The summed E-state index contributed by atoms with van der Waals surface area (Å²) < 4.78 is 25.9. The van der Waals surface area contributed by atoms with Gasteiger partial charge in [0.2, 0.25) is 0 Å². The minimum absolute atomic E-state index is 0.0802. The van der Waals surface area contributed by atoms with Crippen LogP contribution in [0, 0.1) is 17.7 Å². The van der Waals surface area contributed by atoms with Gasteiger partial charge < -0.3 is 20.1 Å². The van der Waals surface area contributed by atoms with Crippen LogP contribution >= 0.6 is 0 Å². The Hall–Kier alpha value is -4.57. The van der Waals surface area contributed by atoms with E-state index in [-0.39, 0.29) is 42.6 Å². The van der Waals surface area contributed by atoms with E-state index >= 15 is 0 Å². The molecule has 0 radical (unpaired) electrons. The molecule has 4 rings (SSSR count). The molecule has 3 aromatic carbocycles. The summed E-state index contributed by atoms with van der Waals surface area (Å²) in [6, 6.07) is 19.1. The van der Waals surface area contributed by atoms with Gasteiger partial charge in [0.1, 0.15) is 30.8 Å². The van der Waals surface area contributed by atoms with Crippen LogP contribution in [0.1, 0.15) is 49.8 Å². The molecule has 0 unspecified atom stereocenters. The number of carbonyl (C=O) groups is 2. The first kappa shape index (κ1) is 28.4. The molecule has 0 heterocycles. The molecule has 0 fully saturated rings. The van der Waals surface area contributed by atoms with Crippen LogP contribution in [0.5, 0.6) is 5.75 Å².